The van der Waals surface area contributed by atoms with Crippen LogP contribution in [0.4, 0.5) is 34.1 Å². The second-order valence-corrected chi connectivity index (χ2v) is 35.4. The summed E-state index contributed by atoms with van der Waals surface area (Å²) in [5.74, 6) is 0. The molecule has 0 radical (unpaired) electrons. The summed E-state index contributed by atoms with van der Waals surface area (Å²) in [4.78, 5) is 5.03. The van der Waals surface area contributed by atoms with Gasteiger partial charge >= 0.3 is 0 Å². The number of fused-ring (bicyclic) bond motifs is 15. The molecule has 0 amide bonds. The van der Waals surface area contributed by atoms with Crippen molar-refractivity contribution in [2.75, 3.05) is 9.80 Å². The van der Waals surface area contributed by atoms with Gasteiger partial charge in [0, 0.05) is 50.2 Å². The predicted octanol–water partition coefficient (Wildman–Crippen LogP) is 30.9. The van der Waals surface area contributed by atoms with E-state index in [0.29, 0.717) is 0 Å². The van der Waals surface area contributed by atoms with Crippen LogP contribution in [-0.4, -0.2) is 0 Å². The predicted molar refractivity (Wildman–Crippen MR) is 505 cm³/mol. The van der Waals surface area contributed by atoms with Crippen LogP contribution < -0.4 is 9.80 Å². The van der Waals surface area contributed by atoms with Gasteiger partial charge in [-0.15, -0.1) is 0 Å². The minimum atomic E-state index is -0.594. The largest absolute Gasteiger partial charge is 0.310 e. The van der Waals surface area contributed by atoms with E-state index in [0.717, 1.165) is 45.3 Å². The zero-order valence-electron chi connectivity index (χ0n) is 68.8. The van der Waals surface area contributed by atoms with E-state index >= 15 is 0 Å². The van der Waals surface area contributed by atoms with Crippen LogP contribution in [0.2, 0.25) is 0 Å². The van der Waals surface area contributed by atoms with Gasteiger partial charge in [0.2, 0.25) is 0 Å². The van der Waals surface area contributed by atoms with Gasteiger partial charge in [-0.1, -0.05) is 375 Å². The summed E-state index contributed by atoms with van der Waals surface area (Å²) in [6.07, 6.45) is 0. The van der Waals surface area contributed by atoms with Crippen LogP contribution in [0.15, 0.2) is 425 Å². The molecule has 0 heterocycles. The van der Waals surface area contributed by atoms with Gasteiger partial charge in [-0.05, 0) is 263 Å². The Bertz CT molecular complexity index is 7150. The minimum Gasteiger partial charge on any atom is -0.310 e. The molecule has 0 atom stereocenters. The first kappa shape index (κ1) is 71.8. The molecule has 0 saturated heterocycles. The normalized spacial score (nSPS) is 14.7. The summed E-state index contributed by atoms with van der Waals surface area (Å²) in [6.45, 7) is 14.3. The van der Waals surface area contributed by atoms with Gasteiger partial charge in [0.1, 0.15) is 0 Å². The molecule has 5 aliphatic carbocycles. The third-order valence-corrected chi connectivity index (χ3v) is 28.0. The molecule has 0 N–H and O–H groups in total. The molecule has 0 aromatic heterocycles. The SMILES string of the molecule is CC1(C)c2ccccc2-c2ccc(-c3cccc(N(c4ccc5c(c4)C(c4ccccc4)(c4ccccc4)c4ccccc4-5)c4ccccc4-c4cccc(-c5ccc6c(c5)-c5ccc(-c7ccc(N(c8ccc9c(c8)C(C)(C)c8ccccc8-9)c8ccc9c(c8)C(c8ccccc8)(c8ccccc8)c8ccccc8-9)cc7)cc5C6(C)C)c4)c3)cc21. The fourth-order valence-corrected chi connectivity index (χ4v) is 22.3. The van der Waals surface area contributed by atoms with Gasteiger partial charge < -0.3 is 9.80 Å². The summed E-state index contributed by atoms with van der Waals surface area (Å²) >= 11 is 0. The first-order chi connectivity index (χ1) is 59.3. The monoisotopic (exact) mass is 1540 g/mol. The Hall–Kier alpha value is -14.4. The maximum absolute atomic E-state index is 2.53. The Labute approximate surface area is 710 Å². The first-order valence-corrected chi connectivity index (χ1v) is 42.8. The molecule has 0 fully saturated rings. The number of nitrogens with zero attached hydrogens (tertiary/aromatic N) is 2. The molecule has 18 aromatic carbocycles. The molecule has 18 aromatic rings. The van der Waals surface area contributed by atoms with E-state index < -0.39 is 10.8 Å². The van der Waals surface area contributed by atoms with Gasteiger partial charge in [-0.2, -0.15) is 0 Å². The van der Waals surface area contributed by atoms with E-state index in [-0.39, 0.29) is 16.2 Å². The molecule has 2 nitrogen and oxygen atoms in total. The smallest absolute Gasteiger partial charge is 0.0714 e. The Morgan fingerprint density at radius 2 is 0.446 bits per heavy atom. The molecule has 0 unspecified atom stereocenters. The van der Waals surface area contributed by atoms with Gasteiger partial charge in [0.05, 0.1) is 16.5 Å². The van der Waals surface area contributed by atoms with Crippen LogP contribution in [0.1, 0.15) is 119 Å². The van der Waals surface area contributed by atoms with Gasteiger partial charge in [0.15, 0.2) is 0 Å². The number of para-hydroxylation sites is 1. The topological polar surface area (TPSA) is 6.48 Å². The van der Waals surface area contributed by atoms with Crippen LogP contribution >= 0.6 is 0 Å². The van der Waals surface area contributed by atoms with Crippen molar-refractivity contribution in [3.8, 4) is 100 Å². The molecular formula is C119H88N2. The summed E-state index contributed by atoms with van der Waals surface area (Å²) in [7, 11) is 0. The van der Waals surface area contributed by atoms with Crippen molar-refractivity contribution in [1.29, 1.82) is 0 Å². The third kappa shape index (κ3) is 10.7. The fourth-order valence-electron chi connectivity index (χ4n) is 22.3. The molecule has 0 spiro atoms. The second kappa shape index (κ2) is 27.3. The Kier molecular flexibility index (Phi) is 16.2. The molecule has 0 aliphatic heterocycles. The summed E-state index contributed by atoms with van der Waals surface area (Å²) in [6, 6.07) is 161. The maximum Gasteiger partial charge on any atom is 0.0714 e. The summed E-state index contributed by atoms with van der Waals surface area (Å²) in [5.41, 5.74) is 45.3. The molecular weight excluding hydrogens is 1460 g/mol. The second-order valence-electron chi connectivity index (χ2n) is 35.4. The standard InChI is InChI=1S/C119H88N2/c1-115(2)104-48-24-19-44-94(104)98-63-56-82(73-109(98)115)79-32-30-42-89(70-79)121(92-62-67-101-97-47-22-27-51-108(97)119(113(101)76-92,86-38-15-9-16-39-86)87-40-17-10-18-41-87)114-52-28-23-43-93(114)83-33-29-31-78(69-83)80-57-68-106-103(71-80)102-64-55-81(72-110(102)117(106,5)6)77-53-58-88(59-54-77)120(90-60-65-99-95-45-20-25-49-105(95)116(3,4)111(99)74-90)91-61-66-100-96-46-21-26-50-107(96)118(112(100)75-91,84-34-11-7-12-35-84)85-36-13-8-14-37-85/h7-76H,1-6H3. The third-order valence-electron chi connectivity index (χ3n) is 28.0. The molecule has 0 bridgehead atoms. The average Bonchev–Trinajstić information content (AvgIpc) is 1.54. The number of hydrogen-bond donors (Lipinski definition) is 0. The maximum atomic E-state index is 2.53. The first-order valence-electron chi connectivity index (χ1n) is 42.8. The van der Waals surface area contributed by atoms with Gasteiger partial charge in [-0.25, -0.2) is 0 Å². The quantitative estimate of drug-likeness (QED) is 0.107. The van der Waals surface area contributed by atoms with E-state index in [1.54, 1.807) is 0 Å². The van der Waals surface area contributed by atoms with Crippen LogP contribution in [-0.2, 0) is 27.1 Å². The van der Waals surface area contributed by atoms with Crippen molar-refractivity contribution in [1.82, 2.24) is 0 Å². The van der Waals surface area contributed by atoms with Gasteiger partial charge in [0.25, 0.3) is 0 Å². The number of anilines is 6. The van der Waals surface area contributed by atoms with E-state index in [4.69, 9.17) is 0 Å². The van der Waals surface area contributed by atoms with Crippen molar-refractivity contribution in [3.63, 3.8) is 0 Å². The van der Waals surface area contributed by atoms with E-state index in [1.165, 1.54) is 167 Å². The van der Waals surface area contributed by atoms with Crippen LogP contribution in [0.3, 0.4) is 0 Å². The van der Waals surface area contributed by atoms with Crippen molar-refractivity contribution < 1.29 is 0 Å². The number of rotatable bonds is 14. The zero-order valence-corrected chi connectivity index (χ0v) is 68.8. The minimum absolute atomic E-state index is 0.140. The Morgan fingerprint density at radius 1 is 0.149 bits per heavy atom. The van der Waals surface area contributed by atoms with Crippen molar-refractivity contribution >= 4 is 34.1 Å². The molecule has 5 aliphatic rings. The van der Waals surface area contributed by atoms with Crippen LogP contribution in [0, 0.1) is 0 Å². The molecule has 0 saturated carbocycles. The lowest BCUT2D eigenvalue weighted by atomic mass is 9.67. The fraction of sp³-hybridized carbons (Fsp3) is 0.0924. The van der Waals surface area contributed by atoms with Crippen molar-refractivity contribution in [3.05, 3.63) is 503 Å². The van der Waals surface area contributed by atoms with E-state index in [2.05, 4.69) is 476 Å². The van der Waals surface area contributed by atoms with Crippen LogP contribution in [0.25, 0.3) is 100 Å². The summed E-state index contributed by atoms with van der Waals surface area (Å²) < 4.78 is 0. The van der Waals surface area contributed by atoms with Crippen molar-refractivity contribution in [2.24, 2.45) is 0 Å². The molecule has 574 valence electrons. The molecule has 121 heavy (non-hydrogen) atoms. The Balaban J connectivity index is 0.613. The number of hydrogen-bond acceptors (Lipinski definition) is 2. The zero-order chi connectivity index (χ0) is 81.1. The lowest BCUT2D eigenvalue weighted by Crippen LogP contribution is -2.28. The highest BCUT2D eigenvalue weighted by Gasteiger charge is 2.49. The lowest BCUT2D eigenvalue weighted by Gasteiger charge is -2.35. The van der Waals surface area contributed by atoms with E-state index in [9.17, 15) is 0 Å². The molecule has 2 heteroatoms. The van der Waals surface area contributed by atoms with Gasteiger partial charge in [-0.3, -0.25) is 0 Å². The average molecular weight is 1550 g/mol. The number of benzene rings is 18. The highest BCUT2D eigenvalue weighted by atomic mass is 15.2. The Morgan fingerprint density at radius 3 is 0.942 bits per heavy atom. The van der Waals surface area contributed by atoms with Crippen molar-refractivity contribution in [2.45, 2.75) is 68.6 Å². The van der Waals surface area contributed by atoms with Crippen LogP contribution in [0.5, 0.6) is 0 Å². The highest BCUT2D eigenvalue weighted by Crippen LogP contribution is 2.62. The highest BCUT2D eigenvalue weighted by molar-refractivity contribution is 5.97. The lowest BCUT2D eigenvalue weighted by molar-refractivity contribution is 0.660. The summed E-state index contributed by atoms with van der Waals surface area (Å²) in [5, 5.41) is 0. The van der Waals surface area contributed by atoms with E-state index in [1.807, 2.05) is 0 Å². The molecule has 23 rings (SSSR count).